The molecule has 0 aromatic rings. The number of rotatable bonds is 13. The van der Waals surface area contributed by atoms with Crippen molar-refractivity contribution in [2.45, 2.75) is 98.6 Å². The van der Waals surface area contributed by atoms with Gasteiger partial charge in [-0.2, -0.15) is 0 Å². The standard InChI is InChI=1S/C21H43P/c1-9-11-12-13-20(19(6)17(3)4)15-14-18(5)16-21(7,8)22-10-2/h10,17-20,22H,2,9,11-16H2,1,3-8H3. The van der Waals surface area contributed by atoms with E-state index in [-0.39, 0.29) is 0 Å². The van der Waals surface area contributed by atoms with Crippen molar-refractivity contribution < 1.29 is 0 Å². The molecule has 0 aliphatic carbocycles. The van der Waals surface area contributed by atoms with E-state index in [0.717, 1.165) is 32.3 Å². The number of hydrogen-bond donors (Lipinski definition) is 0. The van der Waals surface area contributed by atoms with Crippen LogP contribution in [0.5, 0.6) is 0 Å². The smallest absolute Gasteiger partial charge is 0.0142 e. The topological polar surface area (TPSA) is 0 Å². The molecule has 0 amide bonds. The molecule has 0 aromatic heterocycles. The molecule has 0 bridgehead atoms. The van der Waals surface area contributed by atoms with Gasteiger partial charge in [0.15, 0.2) is 0 Å². The van der Waals surface area contributed by atoms with Gasteiger partial charge in [-0.3, -0.25) is 0 Å². The van der Waals surface area contributed by atoms with E-state index in [1.54, 1.807) is 0 Å². The van der Waals surface area contributed by atoms with Crippen molar-refractivity contribution in [3.8, 4) is 0 Å². The van der Waals surface area contributed by atoms with Crippen LogP contribution in [0.15, 0.2) is 12.4 Å². The third-order valence-electron chi connectivity index (χ3n) is 5.36. The molecule has 0 spiro atoms. The van der Waals surface area contributed by atoms with Crippen molar-refractivity contribution in [2.75, 3.05) is 0 Å². The molecular formula is C21H43P. The van der Waals surface area contributed by atoms with E-state index in [2.05, 4.69) is 60.9 Å². The molecule has 4 atom stereocenters. The third-order valence-corrected chi connectivity index (χ3v) is 6.55. The Labute approximate surface area is 143 Å². The Hall–Kier alpha value is 0.170. The van der Waals surface area contributed by atoms with E-state index in [1.807, 2.05) is 0 Å². The van der Waals surface area contributed by atoms with Crippen LogP contribution in [0.1, 0.15) is 93.4 Å². The summed E-state index contributed by atoms with van der Waals surface area (Å²) in [6, 6.07) is 0. The van der Waals surface area contributed by atoms with Crippen LogP contribution in [0.25, 0.3) is 0 Å². The van der Waals surface area contributed by atoms with Crippen LogP contribution in [0.3, 0.4) is 0 Å². The fraction of sp³-hybridized carbons (Fsp3) is 0.905. The third kappa shape index (κ3) is 10.0. The number of hydrogen-bond acceptors (Lipinski definition) is 0. The normalized spacial score (nSPS) is 17.1. The molecule has 4 unspecified atom stereocenters. The molecule has 0 aromatic carbocycles. The van der Waals surface area contributed by atoms with Crippen molar-refractivity contribution in [2.24, 2.45) is 23.7 Å². The molecular weight excluding hydrogens is 283 g/mol. The second kappa shape index (κ2) is 11.7. The van der Waals surface area contributed by atoms with Gasteiger partial charge in [-0.05, 0) is 41.7 Å². The maximum atomic E-state index is 3.92. The molecule has 0 heterocycles. The highest BCUT2D eigenvalue weighted by Crippen LogP contribution is 2.39. The van der Waals surface area contributed by atoms with Gasteiger partial charge in [0, 0.05) is 0 Å². The lowest BCUT2D eigenvalue weighted by atomic mass is 9.77. The first kappa shape index (κ1) is 22.2. The Kier molecular flexibility index (Phi) is 11.8. The summed E-state index contributed by atoms with van der Waals surface area (Å²) in [5, 5.41) is 0.447. The summed E-state index contributed by atoms with van der Waals surface area (Å²) >= 11 is 0. The Morgan fingerprint density at radius 3 is 2.14 bits per heavy atom. The second-order valence-electron chi connectivity index (χ2n) is 8.48. The maximum absolute atomic E-state index is 3.92. The van der Waals surface area contributed by atoms with Gasteiger partial charge in [-0.15, -0.1) is 0 Å². The molecule has 132 valence electrons. The molecule has 0 nitrogen and oxygen atoms in total. The minimum absolute atomic E-state index is 0.447. The monoisotopic (exact) mass is 326 g/mol. The highest BCUT2D eigenvalue weighted by molar-refractivity contribution is 7.43. The highest BCUT2D eigenvalue weighted by atomic mass is 31.1. The average Bonchev–Trinajstić information content (AvgIpc) is 2.41. The van der Waals surface area contributed by atoms with Gasteiger partial charge >= 0.3 is 0 Å². The van der Waals surface area contributed by atoms with Crippen LogP contribution in [0, 0.1) is 23.7 Å². The zero-order chi connectivity index (χ0) is 17.2. The average molecular weight is 327 g/mol. The fourth-order valence-corrected chi connectivity index (χ4v) is 4.70. The molecule has 0 rings (SSSR count). The Balaban J connectivity index is 4.38. The largest absolute Gasteiger partial charge is 0.0988 e. The van der Waals surface area contributed by atoms with E-state index in [0.29, 0.717) is 5.16 Å². The molecule has 22 heavy (non-hydrogen) atoms. The first-order chi connectivity index (χ1) is 10.2. The van der Waals surface area contributed by atoms with Gasteiger partial charge in [-0.25, -0.2) is 0 Å². The quantitative estimate of drug-likeness (QED) is 0.238. The summed E-state index contributed by atoms with van der Waals surface area (Å²) in [6.07, 6.45) is 9.79. The summed E-state index contributed by atoms with van der Waals surface area (Å²) in [7, 11) is 0.889. The lowest BCUT2D eigenvalue weighted by molar-refractivity contribution is 0.225. The van der Waals surface area contributed by atoms with Crippen LogP contribution in [-0.2, 0) is 0 Å². The van der Waals surface area contributed by atoms with E-state index in [1.165, 1.54) is 44.9 Å². The molecule has 0 saturated heterocycles. The van der Waals surface area contributed by atoms with Gasteiger partial charge in [0.1, 0.15) is 0 Å². The van der Waals surface area contributed by atoms with Crippen molar-refractivity contribution >= 4 is 8.58 Å². The van der Waals surface area contributed by atoms with Gasteiger partial charge < -0.3 is 0 Å². The highest BCUT2D eigenvalue weighted by Gasteiger charge is 2.23. The predicted molar refractivity (Wildman–Crippen MR) is 107 cm³/mol. The first-order valence-corrected chi connectivity index (χ1v) is 10.7. The summed E-state index contributed by atoms with van der Waals surface area (Å²) in [4.78, 5) is 0. The fourth-order valence-electron chi connectivity index (χ4n) is 3.68. The molecule has 0 aliphatic heterocycles. The maximum Gasteiger partial charge on any atom is -0.0142 e. The Morgan fingerprint density at radius 1 is 1.00 bits per heavy atom. The molecule has 0 aliphatic rings. The van der Waals surface area contributed by atoms with Crippen LogP contribution in [-0.4, -0.2) is 5.16 Å². The Morgan fingerprint density at radius 2 is 1.64 bits per heavy atom. The van der Waals surface area contributed by atoms with E-state index >= 15 is 0 Å². The van der Waals surface area contributed by atoms with Crippen molar-refractivity contribution in [3.05, 3.63) is 12.4 Å². The predicted octanol–water partition coefficient (Wildman–Crippen LogP) is 7.88. The van der Waals surface area contributed by atoms with Gasteiger partial charge in [-0.1, -0.05) is 102 Å². The van der Waals surface area contributed by atoms with Crippen molar-refractivity contribution in [1.29, 1.82) is 0 Å². The van der Waals surface area contributed by atoms with E-state index in [9.17, 15) is 0 Å². The lowest BCUT2D eigenvalue weighted by Crippen LogP contribution is -2.20. The van der Waals surface area contributed by atoms with Gasteiger partial charge in [0.2, 0.25) is 0 Å². The van der Waals surface area contributed by atoms with Gasteiger partial charge in [0.05, 0.1) is 0 Å². The Bertz CT molecular complexity index is 280. The van der Waals surface area contributed by atoms with Crippen LogP contribution in [0.4, 0.5) is 0 Å². The minimum Gasteiger partial charge on any atom is -0.0988 e. The molecule has 0 N–H and O–H groups in total. The molecule has 0 fully saturated rings. The van der Waals surface area contributed by atoms with E-state index in [4.69, 9.17) is 0 Å². The summed E-state index contributed by atoms with van der Waals surface area (Å²) in [5.41, 5.74) is 0. The number of unbranched alkanes of at least 4 members (excludes halogenated alkanes) is 2. The van der Waals surface area contributed by atoms with Crippen LogP contribution < -0.4 is 0 Å². The van der Waals surface area contributed by atoms with Crippen molar-refractivity contribution in [1.82, 2.24) is 0 Å². The lowest BCUT2D eigenvalue weighted by Gasteiger charge is -2.30. The summed E-state index contributed by atoms with van der Waals surface area (Å²) in [6.45, 7) is 20.8. The van der Waals surface area contributed by atoms with Gasteiger partial charge in [0.25, 0.3) is 0 Å². The molecule has 1 heteroatoms. The van der Waals surface area contributed by atoms with Crippen LogP contribution in [0.2, 0.25) is 0 Å². The summed E-state index contributed by atoms with van der Waals surface area (Å²) in [5.74, 6) is 5.57. The second-order valence-corrected chi connectivity index (χ2v) is 10.5. The first-order valence-electron chi connectivity index (χ1n) is 9.62. The van der Waals surface area contributed by atoms with Crippen LogP contribution >= 0.6 is 8.58 Å². The van der Waals surface area contributed by atoms with Crippen molar-refractivity contribution in [3.63, 3.8) is 0 Å². The summed E-state index contributed by atoms with van der Waals surface area (Å²) < 4.78 is 0. The molecule has 0 saturated carbocycles. The SMILES string of the molecule is C=CPC(C)(C)CC(C)CCC(CCCCC)C(C)C(C)C. The minimum atomic E-state index is 0.447. The molecule has 0 radical (unpaired) electrons. The van der Waals surface area contributed by atoms with E-state index < -0.39 is 0 Å². The zero-order valence-electron chi connectivity index (χ0n) is 16.5. The zero-order valence-corrected chi connectivity index (χ0v) is 17.5.